The lowest BCUT2D eigenvalue weighted by atomic mass is 10.1. The molecule has 23 heavy (non-hydrogen) atoms. The van der Waals surface area contributed by atoms with Gasteiger partial charge in [-0.05, 0) is 43.3 Å². The van der Waals surface area contributed by atoms with Crippen LogP contribution in [0.5, 0.6) is 5.75 Å². The number of anilines is 1. The molecule has 2 rings (SSSR count). The third-order valence-corrected chi connectivity index (χ3v) is 4.15. The van der Waals surface area contributed by atoms with E-state index in [0.717, 1.165) is 11.3 Å². The second kappa shape index (κ2) is 8.39. The Balaban J connectivity index is 1.76. The summed E-state index contributed by atoms with van der Waals surface area (Å²) < 4.78 is 5.06. The molecular formula is C18H19NO3S. The number of methoxy groups -OCH3 is 1. The molecule has 2 aromatic carbocycles. The number of carbonyl (C=O) groups is 2. The Labute approximate surface area is 140 Å². The summed E-state index contributed by atoms with van der Waals surface area (Å²) in [4.78, 5) is 23.9. The van der Waals surface area contributed by atoms with Crippen LogP contribution in [0.3, 0.4) is 0 Å². The first-order chi connectivity index (χ1) is 11.1. The van der Waals surface area contributed by atoms with Gasteiger partial charge in [0.05, 0.1) is 18.6 Å². The zero-order valence-corrected chi connectivity index (χ0v) is 14.0. The maximum Gasteiger partial charge on any atom is 0.234 e. The van der Waals surface area contributed by atoms with Crippen molar-refractivity contribution in [2.75, 3.05) is 23.9 Å². The molecular weight excluding hydrogens is 310 g/mol. The lowest BCUT2D eigenvalue weighted by Crippen LogP contribution is -2.15. The zero-order chi connectivity index (χ0) is 16.7. The molecule has 0 radical (unpaired) electrons. The van der Waals surface area contributed by atoms with Crippen molar-refractivity contribution in [3.63, 3.8) is 0 Å². The Morgan fingerprint density at radius 3 is 2.26 bits per heavy atom. The zero-order valence-electron chi connectivity index (χ0n) is 13.2. The van der Waals surface area contributed by atoms with Gasteiger partial charge < -0.3 is 10.1 Å². The number of thioether (sulfide) groups is 1. The van der Waals surface area contributed by atoms with E-state index in [1.165, 1.54) is 11.8 Å². The van der Waals surface area contributed by atoms with E-state index in [4.69, 9.17) is 4.74 Å². The summed E-state index contributed by atoms with van der Waals surface area (Å²) in [6, 6.07) is 14.6. The number of ketones is 1. The summed E-state index contributed by atoms with van der Waals surface area (Å²) in [5.41, 5.74) is 2.53. The van der Waals surface area contributed by atoms with Crippen molar-refractivity contribution in [3.8, 4) is 5.75 Å². The van der Waals surface area contributed by atoms with Gasteiger partial charge in [-0.25, -0.2) is 0 Å². The fourth-order valence-corrected chi connectivity index (χ4v) is 2.64. The van der Waals surface area contributed by atoms with Crippen LogP contribution in [0.2, 0.25) is 0 Å². The number of carbonyl (C=O) groups excluding carboxylic acids is 2. The largest absolute Gasteiger partial charge is 0.497 e. The molecule has 0 heterocycles. The Hall–Kier alpha value is -2.27. The van der Waals surface area contributed by atoms with Crippen molar-refractivity contribution in [3.05, 3.63) is 59.7 Å². The topological polar surface area (TPSA) is 55.4 Å². The first-order valence-corrected chi connectivity index (χ1v) is 8.35. The molecule has 0 aromatic heterocycles. The van der Waals surface area contributed by atoms with Gasteiger partial charge in [-0.3, -0.25) is 9.59 Å². The van der Waals surface area contributed by atoms with Crippen LogP contribution < -0.4 is 10.1 Å². The Morgan fingerprint density at radius 2 is 1.65 bits per heavy atom. The van der Waals surface area contributed by atoms with Gasteiger partial charge in [0.2, 0.25) is 5.91 Å². The number of ether oxygens (including phenoxy) is 1. The highest BCUT2D eigenvalue weighted by molar-refractivity contribution is 8.00. The number of aryl methyl sites for hydroxylation is 1. The Kier molecular flexibility index (Phi) is 6.23. The van der Waals surface area contributed by atoms with Crippen LogP contribution in [0.4, 0.5) is 5.69 Å². The van der Waals surface area contributed by atoms with E-state index in [1.807, 2.05) is 31.2 Å². The van der Waals surface area contributed by atoms with Gasteiger partial charge in [0.1, 0.15) is 5.75 Å². The van der Waals surface area contributed by atoms with Gasteiger partial charge >= 0.3 is 0 Å². The van der Waals surface area contributed by atoms with Crippen LogP contribution in [0.15, 0.2) is 48.5 Å². The lowest BCUT2D eigenvalue weighted by Gasteiger charge is -2.06. The molecule has 0 saturated carbocycles. The minimum Gasteiger partial charge on any atom is -0.497 e. The lowest BCUT2D eigenvalue weighted by molar-refractivity contribution is -0.113. The van der Waals surface area contributed by atoms with Gasteiger partial charge in [-0.1, -0.05) is 17.7 Å². The van der Waals surface area contributed by atoms with E-state index in [0.29, 0.717) is 11.3 Å². The number of benzene rings is 2. The second-order valence-electron chi connectivity index (χ2n) is 5.06. The number of rotatable bonds is 7. The molecule has 0 saturated heterocycles. The third-order valence-electron chi connectivity index (χ3n) is 3.21. The molecule has 1 amide bonds. The number of Topliss-reactive ketones (excluding diaryl/α,β-unsaturated/α-hetero) is 1. The molecule has 4 nitrogen and oxygen atoms in total. The molecule has 0 bridgehead atoms. The summed E-state index contributed by atoms with van der Waals surface area (Å²) in [5.74, 6) is 1.12. The Morgan fingerprint density at radius 1 is 1.00 bits per heavy atom. The fourth-order valence-electron chi connectivity index (χ4n) is 1.93. The Bertz CT molecular complexity index is 666. The molecule has 0 aliphatic rings. The molecule has 2 aromatic rings. The standard InChI is InChI=1S/C18H19NO3S/c1-13-3-7-15(8-4-13)19-18(21)12-23-11-17(20)14-5-9-16(22-2)10-6-14/h3-10H,11-12H2,1-2H3,(H,19,21). The van der Waals surface area contributed by atoms with Crippen LogP contribution in [-0.4, -0.2) is 30.3 Å². The maximum absolute atomic E-state index is 12.0. The first-order valence-electron chi connectivity index (χ1n) is 7.20. The van der Waals surface area contributed by atoms with E-state index >= 15 is 0 Å². The first kappa shape index (κ1) is 17.1. The predicted molar refractivity (Wildman–Crippen MR) is 94.5 cm³/mol. The summed E-state index contributed by atoms with van der Waals surface area (Å²) >= 11 is 1.30. The van der Waals surface area contributed by atoms with Crippen molar-refractivity contribution < 1.29 is 14.3 Å². The van der Waals surface area contributed by atoms with Crippen molar-refractivity contribution in [1.29, 1.82) is 0 Å². The molecule has 0 aliphatic heterocycles. The van der Waals surface area contributed by atoms with Gasteiger partial charge in [-0.2, -0.15) is 0 Å². The molecule has 5 heteroatoms. The minimum atomic E-state index is -0.110. The highest BCUT2D eigenvalue weighted by Crippen LogP contribution is 2.14. The van der Waals surface area contributed by atoms with Crippen LogP contribution in [0.25, 0.3) is 0 Å². The quantitative estimate of drug-likeness (QED) is 0.789. The van der Waals surface area contributed by atoms with Gasteiger partial charge in [-0.15, -0.1) is 11.8 Å². The van der Waals surface area contributed by atoms with Crippen LogP contribution in [-0.2, 0) is 4.79 Å². The van der Waals surface area contributed by atoms with Crippen LogP contribution in [0.1, 0.15) is 15.9 Å². The van der Waals surface area contributed by atoms with Gasteiger partial charge in [0.25, 0.3) is 0 Å². The average molecular weight is 329 g/mol. The van der Waals surface area contributed by atoms with E-state index in [2.05, 4.69) is 5.32 Å². The highest BCUT2D eigenvalue weighted by atomic mass is 32.2. The highest BCUT2D eigenvalue weighted by Gasteiger charge is 2.08. The summed E-state index contributed by atoms with van der Waals surface area (Å²) in [6.07, 6.45) is 0. The molecule has 0 atom stereocenters. The van der Waals surface area contributed by atoms with Crippen LogP contribution >= 0.6 is 11.8 Å². The molecule has 0 unspecified atom stereocenters. The second-order valence-corrected chi connectivity index (χ2v) is 6.04. The monoisotopic (exact) mass is 329 g/mol. The maximum atomic E-state index is 12.0. The van der Waals surface area contributed by atoms with Crippen molar-refractivity contribution >= 4 is 29.1 Å². The van der Waals surface area contributed by atoms with Crippen LogP contribution in [0, 0.1) is 6.92 Å². The molecule has 0 fully saturated rings. The predicted octanol–water partition coefficient (Wildman–Crippen LogP) is 3.56. The third kappa shape index (κ3) is 5.45. The van der Waals surface area contributed by atoms with Crippen molar-refractivity contribution in [2.24, 2.45) is 0 Å². The summed E-state index contributed by atoms with van der Waals surface area (Å²) in [5, 5.41) is 2.81. The fraction of sp³-hybridized carbons (Fsp3) is 0.222. The number of hydrogen-bond donors (Lipinski definition) is 1. The summed E-state index contributed by atoms with van der Waals surface area (Å²) in [6.45, 7) is 1.99. The normalized spacial score (nSPS) is 10.2. The molecule has 0 aliphatic carbocycles. The van der Waals surface area contributed by atoms with Gasteiger partial charge in [0.15, 0.2) is 5.78 Å². The molecule has 120 valence electrons. The average Bonchev–Trinajstić information content (AvgIpc) is 2.57. The number of hydrogen-bond acceptors (Lipinski definition) is 4. The van der Waals surface area contributed by atoms with E-state index in [9.17, 15) is 9.59 Å². The van der Waals surface area contributed by atoms with E-state index in [-0.39, 0.29) is 23.2 Å². The SMILES string of the molecule is COc1ccc(C(=O)CSCC(=O)Nc2ccc(C)cc2)cc1. The van der Waals surface area contributed by atoms with Crippen molar-refractivity contribution in [2.45, 2.75) is 6.92 Å². The van der Waals surface area contributed by atoms with E-state index in [1.54, 1.807) is 31.4 Å². The number of amides is 1. The van der Waals surface area contributed by atoms with Crippen molar-refractivity contribution in [1.82, 2.24) is 0 Å². The van der Waals surface area contributed by atoms with E-state index < -0.39 is 0 Å². The van der Waals surface area contributed by atoms with Gasteiger partial charge in [0, 0.05) is 11.3 Å². The summed E-state index contributed by atoms with van der Waals surface area (Å²) in [7, 11) is 1.58. The minimum absolute atomic E-state index is 0.000731. The molecule has 1 N–H and O–H groups in total. The number of nitrogens with one attached hydrogen (secondary N) is 1. The molecule has 0 spiro atoms. The smallest absolute Gasteiger partial charge is 0.234 e.